The highest BCUT2D eigenvalue weighted by Crippen LogP contribution is 2.25. The minimum Gasteiger partial charge on any atom is -0.396 e. The Morgan fingerprint density at radius 2 is 2.23 bits per heavy atom. The number of halogens is 1. The first kappa shape index (κ1) is 10.5. The Kier molecular flexibility index (Phi) is 3.70. The minimum absolute atomic E-state index is 0.152. The van der Waals surface area contributed by atoms with E-state index in [1.165, 1.54) is 5.56 Å². The quantitative estimate of drug-likeness (QED) is 0.861. The first-order chi connectivity index (χ1) is 6.15. The molecule has 0 unspecified atom stereocenters. The van der Waals surface area contributed by atoms with E-state index in [2.05, 4.69) is 28.6 Å². The molecule has 0 saturated carbocycles. The number of hydrogen-bond donors (Lipinski definition) is 1. The van der Waals surface area contributed by atoms with Crippen molar-refractivity contribution < 1.29 is 5.11 Å². The van der Waals surface area contributed by atoms with Crippen molar-refractivity contribution in [2.45, 2.75) is 13.3 Å². The highest BCUT2D eigenvalue weighted by atomic mass is 79.9. The van der Waals surface area contributed by atoms with E-state index in [1.54, 1.807) is 0 Å². The SMILES string of the molecule is C=C(CCO)c1ccc(C)cc1Br. The van der Waals surface area contributed by atoms with Crippen LogP contribution in [0.25, 0.3) is 5.57 Å². The summed E-state index contributed by atoms with van der Waals surface area (Å²) in [5, 5.41) is 8.77. The van der Waals surface area contributed by atoms with Crippen LogP contribution >= 0.6 is 15.9 Å². The maximum absolute atomic E-state index is 8.77. The van der Waals surface area contributed by atoms with Gasteiger partial charge in [-0.25, -0.2) is 0 Å². The smallest absolute Gasteiger partial charge is 0.0471 e. The molecule has 0 aliphatic carbocycles. The van der Waals surface area contributed by atoms with Gasteiger partial charge < -0.3 is 5.11 Å². The van der Waals surface area contributed by atoms with Crippen LogP contribution in [0.4, 0.5) is 0 Å². The van der Waals surface area contributed by atoms with Gasteiger partial charge in [-0.1, -0.05) is 34.6 Å². The Hall–Kier alpha value is -0.600. The first-order valence-corrected chi connectivity index (χ1v) is 4.99. The molecule has 1 aromatic rings. The molecule has 1 N–H and O–H groups in total. The van der Waals surface area contributed by atoms with Gasteiger partial charge in [0.2, 0.25) is 0 Å². The van der Waals surface area contributed by atoms with Crippen molar-refractivity contribution in [3.63, 3.8) is 0 Å². The van der Waals surface area contributed by atoms with E-state index in [1.807, 2.05) is 19.1 Å². The van der Waals surface area contributed by atoms with Crippen LogP contribution < -0.4 is 0 Å². The molecular weight excluding hydrogens is 228 g/mol. The van der Waals surface area contributed by atoms with E-state index < -0.39 is 0 Å². The van der Waals surface area contributed by atoms with Crippen LogP contribution in [-0.4, -0.2) is 11.7 Å². The zero-order valence-corrected chi connectivity index (χ0v) is 9.26. The van der Waals surface area contributed by atoms with E-state index in [0.717, 1.165) is 15.6 Å². The summed E-state index contributed by atoms with van der Waals surface area (Å²) in [6.07, 6.45) is 0.627. The number of aryl methyl sites for hydroxylation is 1. The summed E-state index contributed by atoms with van der Waals surface area (Å²) in [6.45, 7) is 6.11. The summed E-state index contributed by atoms with van der Waals surface area (Å²) >= 11 is 3.48. The van der Waals surface area contributed by atoms with Crippen LogP contribution in [0, 0.1) is 6.92 Å². The summed E-state index contributed by atoms with van der Waals surface area (Å²) in [4.78, 5) is 0. The molecule has 0 aromatic heterocycles. The summed E-state index contributed by atoms with van der Waals surface area (Å²) in [6, 6.07) is 6.12. The third-order valence-electron chi connectivity index (χ3n) is 1.92. The largest absolute Gasteiger partial charge is 0.396 e. The number of aliphatic hydroxyl groups excluding tert-OH is 1. The van der Waals surface area contributed by atoms with Gasteiger partial charge in [-0.05, 0) is 36.1 Å². The van der Waals surface area contributed by atoms with Crippen molar-refractivity contribution in [3.8, 4) is 0 Å². The molecule has 70 valence electrons. The third kappa shape index (κ3) is 2.68. The second-order valence-corrected chi connectivity index (χ2v) is 3.91. The van der Waals surface area contributed by atoms with Gasteiger partial charge in [-0.15, -0.1) is 0 Å². The van der Waals surface area contributed by atoms with Crippen LogP contribution in [0.2, 0.25) is 0 Å². The van der Waals surface area contributed by atoms with Crippen molar-refractivity contribution in [1.29, 1.82) is 0 Å². The molecular formula is C11H13BrO. The Morgan fingerprint density at radius 1 is 1.54 bits per heavy atom. The molecule has 0 radical (unpaired) electrons. The van der Waals surface area contributed by atoms with Crippen molar-refractivity contribution in [1.82, 2.24) is 0 Å². The van der Waals surface area contributed by atoms with Gasteiger partial charge in [0.1, 0.15) is 0 Å². The second-order valence-electron chi connectivity index (χ2n) is 3.06. The van der Waals surface area contributed by atoms with Crippen molar-refractivity contribution in [2.24, 2.45) is 0 Å². The molecule has 1 aromatic carbocycles. The van der Waals surface area contributed by atoms with Gasteiger partial charge in [0.25, 0.3) is 0 Å². The number of aliphatic hydroxyl groups is 1. The van der Waals surface area contributed by atoms with Crippen molar-refractivity contribution in [3.05, 3.63) is 40.4 Å². The van der Waals surface area contributed by atoms with Gasteiger partial charge in [0.05, 0.1) is 0 Å². The maximum atomic E-state index is 8.77. The number of hydrogen-bond acceptors (Lipinski definition) is 1. The van der Waals surface area contributed by atoms with E-state index >= 15 is 0 Å². The average molecular weight is 241 g/mol. The van der Waals surface area contributed by atoms with Crippen molar-refractivity contribution >= 4 is 21.5 Å². The average Bonchev–Trinajstić information content (AvgIpc) is 2.04. The Bertz CT molecular complexity index is 318. The molecule has 0 amide bonds. The highest BCUT2D eigenvalue weighted by molar-refractivity contribution is 9.10. The van der Waals surface area contributed by atoms with Gasteiger partial charge in [-0.3, -0.25) is 0 Å². The lowest BCUT2D eigenvalue weighted by Gasteiger charge is -2.07. The summed E-state index contributed by atoms with van der Waals surface area (Å²) in [5.74, 6) is 0. The van der Waals surface area contributed by atoms with Crippen LogP contribution in [0.1, 0.15) is 17.5 Å². The molecule has 0 heterocycles. The fourth-order valence-electron chi connectivity index (χ4n) is 1.18. The van der Waals surface area contributed by atoms with Gasteiger partial charge in [0.15, 0.2) is 0 Å². The molecule has 0 bridgehead atoms. The van der Waals surface area contributed by atoms with Gasteiger partial charge in [0, 0.05) is 11.1 Å². The Labute approximate surface area is 87.2 Å². The van der Waals surface area contributed by atoms with Gasteiger partial charge in [-0.2, -0.15) is 0 Å². The fraction of sp³-hybridized carbons (Fsp3) is 0.273. The fourth-order valence-corrected chi connectivity index (χ4v) is 1.95. The predicted octanol–water partition coefficient (Wildman–Crippen LogP) is 3.15. The van der Waals surface area contributed by atoms with Crippen LogP contribution in [0.5, 0.6) is 0 Å². The van der Waals surface area contributed by atoms with Crippen molar-refractivity contribution in [2.75, 3.05) is 6.61 Å². The molecule has 0 saturated heterocycles. The van der Waals surface area contributed by atoms with Crippen LogP contribution in [0.15, 0.2) is 29.3 Å². The number of rotatable bonds is 3. The number of benzene rings is 1. The molecule has 2 heteroatoms. The van der Waals surface area contributed by atoms with Crippen LogP contribution in [0.3, 0.4) is 0 Å². The lowest BCUT2D eigenvalue weighted by molar-refractivity contribution is 0.305. The monoisotopic (exact) mass is 240 g/mol. The molecule has 0 aliphatic heterocycles. The topological polar surface area (TPSA) is 20.2 Å². The normalized spacial score (nSPS) is 10.1. The summed E-state index contributed by atoms with van der Waals surface area (Å²) in [7, 11) is 0. The highest BCUT2D eigenvalue weighted by Gasteiger charge is 2.03. The van der Waals surface area contributed by atoms with E-state index in [-0.39, 0.29) is 6.61 Å². The molecule has 1 rings (SSSR count). The van der Waals surface area contributed by atoms with E-state index in [9.17, 15) is 0 Å². The summed E-state index contributed by atoms with van der Waals surface area (Å²) < 4.78 is 1.05. The lowest BCUT2D eigenvalue weighted by Crippen LogP contribution is -1.89. The Morgan fingerprint density at radius 3 is 2.77 bits per heavy atom. The molecule has 13 heavy (non-hydrogen) atoms. The molecule has 0 spiro atoms. The molecule has 0 aliphatic rings. The second kappa shape index (κ2) is 4.58. The zero-order valence-electron chi connectivity index (χ0n) is 7.68. The van der Waals surface area contributed by atoms with E-state index in [0.29, 0.717) is 6.42 Å². The van der Waals surface area contributed by atoms with E-state index in [4.69, 9.17) is 5.11 Å². The summed E-state index contributed by atoms with van der Waals surface area (Å²) in [5.41, 5.74) is 3.27. The molecule has 1 nitrogen and oxygen atoms in total. The standard InChI is InChI=1S/C11H13BrO/c1-8-3-4-10(11(12)7-8)9(2)5-6-13/h3-4,7,13H,2,5-6H2,1H3. The Balaban J connectivity index is 2.95. The first-order valence-electron chi connectivity index (χ1n) is 4.20. The van der Waals surface area contributed by atoms with Gasteiger partial charge >= 0.3 is 0 Å². The molecule has 0 atom stereocenters. The van der Waals surface area contributed by atoms with Crippen LogP contribution in [-0.2, 0) is 0 Å². The third-order valence-corrected chi connectivity index (χ3v) is 2.58. The lowest BCUT2D eigenvalue weighted by atomic mass is 10.0. The zero-order chi connectivity index (χ0) is 9.84. The predicted molar refractivity (Wildman–Crippen MR) is 59.6 cm³/mol. The maximum Gasteiger partial charge on any atom is 0.0471 e. The minimum atomic E-state index is 0.152. The molecule has 0 fully saturated rings.